The number of ether oxygens (including phenoxy) is 1. The quantitative estimate of drug-likeness (QED) is 0.630. The lowest BCUT2D eigenvalue weighted by Crippen LogP contribution is -2.16. The maximum Gasteiger partial charge on any atom is 0.340 e. The van der Waals surface area contributed by atoms with Crippen molar-refractivity contribution >= 4 is 17.6 Å². The molecule has 5 nitrogen and oxygen atoms in total. The second-order valence-electron chi connectivity index (χ2n) is 6.97. The van der Waals surface area contributed by atoms with Crippen LogP contribution in [0.2, 0.25) is 0 Å². The normalized spacial score (nSPS) is 13.4. The van der Waals surface area contributed by atoms with Gasteiger partial charge in [-0.2, -0.15) is 0 Å². The minimum Gasteiger partial charge on any atom is -0.454 e. The van der Waals surface area contributed by atoms with Gasteiger partial charge in [-0.05, 0) is 81.0 Å². The molecular weight excluding hydrogens is 328 g/mol. The van der Waals surface area contributed by atoms with Crippen LogP contribution in [0.4, 0.5) is 5.82 Å². The molecule has 2 aromatic rings. The van der Waals surface area contributed by atoms with E-state index in [1.165, 1.54) is 11.8 Å². The topological polar surface area (TPSA) is 68.3 Å². The zero-order valence-corrected chi connectivity index (χ0v) is 15.7. The molecule has 5 heteroatoms. The standard InChI is InChI=1S/C21H24N2O3/c1-12-9-18(15(4)14(3)13(12)2)19(24)11-26-21(25)16-5-8-20(22-10-16)23-17-6-7-17/h5,8-10,17H,6-7,11H2,1-4H3,(H,22,23). The van der Waals surface area contributed by atoms with Gasteiger partial charge in [-0.25, -0.2) is 9.78 Å². The fraction of sp³-hybridized carbons (Fsp3) is 0.381. The zero-order chi connectivity index (χ0) is 18.8. The number of pyridine rings is 1. The summed E-state index contributed by atoms with van der Waals surface area (Å²) in [6.07, 6.45) is 3.79. The molecule has 0 bridgehead atoms. The molecule has 0 amide bonds. The molecule has 136 valence electrons. The van der Waals surface area contributed by atoms with Crippen molar-refractivity contribution in [3.05, 3.63) is 57.8 Å². The smallest absolute Gasteiger partial charge is 0.340 e. The van der Waals surface area contributed by atoms with Crippen LogP contribution in [0.3, 0.4) is 0 Å². The number of aryl methyl sites for hydroxylation is 1. The van der Waals surface area contributed by atoms with Crippen LogP contribution < -0.4 is 5.32 Å². The molecule has 0 spiro atoms. The molecule has 0 saturated heterocycles. The first kappa shape index (κ1) is 18.1. The maximum absolute atomic E-state index is 12.5. The molecule has 1 aliphatic rings. The van der Waals surface area contributed by atoms with Gasteiger partial charge < -0.3 is 10.1 Å². The van der Waals surface area contributed by atoms with E-state index in [9.17, 15) is 9.59 Å². The van der Waals surface area contributed by atoms with Gasteiger partial charge in [-0.3, -0.25) is 4.79 Å². The van der Waals surface area contributed by atoms with E-state index >= 15 is 0 Å². The molecule has 0 radical (unpaired) electrons. The summed E-state index contributed by atoms with van der Waals surface area (Å²) in [7, 11) is 0. The van der Waals surface area contributed by atoms with Crippen molar-refractivity contribution in [1.29, 1.82) is 0 Å². The van der Waals surface area contributed by atoms with Gasteiger partial charge in [-0.15, -0.1) is 0 Å². The minimum atomic E-state index is -0.540. The predicted molar refractivity (Wildman–Crippen MR) is 101 cm³/mol. The van der Waals surface area contributed by atoms with Crippen molar-refractivity contribution in [2.75, 3.05) is 11.9 Å². The van der Waals surface area contributed by atoms with E-state index in [1.807, 2.05) is 33.8 Å². The van der Waals surface area contributed by atoms with Gasteiger partial charge in [0.15, 0.2) is 6.61 Å². The van der Waals surface area contributed by atoms with Crippen LogP contribution in [0.25, 0.3) is 0 Å². The van der Waals surface area contributed by atoms with Crippen molar-refractivity contribution in [2.24, 2.45) is 0 Å². The number of Topliss-reactive ketones (excluding diaryl/α,β-unsaturated/α-hetero) is 1. The summed E-state index contributed by atoms with van der Waals surface area (Å²) >= 11 is 0. The summed E-state index contributed by atoms with van der Waals surface area (Å²) in [6.45, 7) is 7.67. The summed E-state index contributed by atoms with van der Waals surface area (Å²) < 4.78 is 5.19. The lowest BCUT2D eigenvalue weighted by molar-refractivity contribution is 0.0474. The van der Waals surface area contributed by atoms with Crippen LogP contribution >= 0.6 is 0 Å². The molecule has 0 aliphatic heterocycles. The molecule has 1 saturated carbocycles. The van der Waals surface area contributed by atoms with Crippen molar-refractivity contribution in [1.82, 2.24) is 4.98 Å². The summed E-state index contributed by atoms with van der Waals surface area (Å²) in [4.78, 5) is 28.9. The predicted octanol–water partition coefficient (Wildman–Crippen LogP) is 3.93. The highest BCUT2D eigenvalue weighted by Crippen LogP contribution is 2.24. The Balaban J connectivity index is 1.63. The summed E-state index contributed by atoms with van der Waals surface area (Å²) in [5, 5.41) is 3.26. The van der Waals surface area contributed by atoms with Gasteiger partial charge in [-0.1, -0.05) is 0 Å². The third kappa shape index (κ3) is 3.93. The second kappa shape index (κ2) is 7.28. The maximum atomic E-state index is 12.5. The lowest BCUT2D eigenvalue weighted by atomic mass is 9.93. The fourth-order valence-corrected chi connectivity index (χ4v) is 2.83. The first-order chi connectivity index (χ1) is 12.4. The number of ketones is 1. The van der Waals surface area contributed by atoms with Gasteiger partial charge in [0.2, 0.25) is 5.78 Å². The Morgan fingerprint density at radius 3 is 2.46 bits per heavy atom. The Hall–Kier alpha value is -2.69. The number of esters is 1. The van der Waals surface area contributed by atoms with Crippen LogP contribution in [0.1, 0.15) is 55.8 Å². The molecule has 1 aromatic heterocycles. The molecular formula is C21H24N2O3. The Kier molecular flexibility index (Phi) is 5.07. The molecule has 1 N–H and O–H groups in total. The highest BCUT2D eigenvalue weighted by atomic mass is 16.5. The van der Waals surface area contributed by atoms with Crippen molar-refractivity contribution < 1.29 is 14.3 Å². The number of benzene rings is 1. The fourth-order valence-electron chi connectivity index (χ4n) is 2.83. The largest absolute Gasteiger partial charge is 0.454 e. The van der Waals surface area contributed by atoms with Gasteiger partial charge in [0.05, 0.1) is 5.56 Å². The Morgan fingerprint density at radius 2 is 1.85 bits per heavy atom. The van der Waals surface area contributed by atoms with Crippen LogP contribution in [0.15, 0.2) is 24.4 Å². The number of carbonyl (C=O) groups excluding carboxylic acids is 2. The molecule has 26 heavy (non-hydrogen) atoms. The number of anilines is 1. The monoisotopic (exact) mass is 352 g/mol. The highest BCUT2D eigenvalue weighted by molar-refractivity contribution is 6.00. The van der Waals surface area contributed by atoms with E-state index < -0.39 is 5.97 Å². The average Bonchev–Trinajstić information content (AvgIpc) is 3.45. The first-order valence-corrected chi connectivity index (χ1v) is 8.87. The van der Waals surface area contributed by atoms with Crippen LogP contribution in [0, 0.1) is 27.7 Å². The number of hydrogen-bond acceptors (Lipinski definition) is 5. The highest BCUT2D eigenvalue weighted by Gasteiger charge is 2.21. The number of rotatable bonds is 6. The van der Waals surface area contributed by atoms with E-state index in [1.54, 1.807) is 12.1 Å². The number of nitrogens with zero attached hydrogens (tertiary/aromatic N) is 1. The first-order valence-electron chi connectivity index (χ1n) is 8.87. The summed E-state index contributed by atoms with van der Waals surface area (Å²) in [5.74, 6) is 0.0189. The lowest BCUT2D eigenvalue weighted by Gasteiger charge is -2.13. The van der Waals surface area contributed by atoms with E-state index in [0.717, 1.165) is 35.3 Å². The number of hydrogen-bond donors (Lipinski definition) is 1. The number of nitrogens with one attached hydrogen (secondary N) is 1. The zero-order valence-electron chi connectivity index (χ0n) is 15.7. The molecule has 1 aliphatic carbocycles. The average molecular weight is 352 g/mol. The van der Waals surface area contributed by atoms with E-state index in [4.69, 9.17) is 4.74 Å². The number of aromatic nitrogens is 1. The SMILES string of the molecule is Cc1cc(C(=O)COC(=O)c2ccc(NC3CC3)nc2)c(C)c(C)c1C. The Labute approximate surface area is 153 Å². The van der Waals surface area contributed by atoms with Crippen LogP contribution in [-0.4, -0.2) is 29.4 Å². The molecule has 0 atom stereocenters. The van der Waals surface area contributed by atoms with E-state index in [-0.39, 0.29) is 12.4 Å². The van der Waals surface area contributed by atoms with Gasteiger partial charge in [0, 0.05) is 17.8 Å². The van der Waals surface area contributed by atoms with Crippen molar-refractivity contribution in [3.63, 3.8) is 0 Å². The minimum absolute atomic E-state index is 0.193. The van der Waals surface area contributed by atoms with E-state index in [0.29, 0.717) is 17.2 Å². The molecule has 1 aromatic carbocycles. The number of carbonyl (C=O) groups is 2. The third-order valence-electron chi connectivity index (χ3n) is 5.04. The summed E-state index contributed by atoms with van der Waals surface area (Å²) in [6, 6.07) is 5.79. The summed E-state index contributed by atoms with van der Waals surface area (Å²) in [5.41, 5.74) is 5.23. The Bertz CT molecular complexity index is 853. The molecule has 3 rings (SSSR count). The Morgan fingerprint density at radius 1 is 1.12 bits per heavy atom. The second-order valence-corrected chi connectivity index (χ2v) is 6.97. The van der Waals surface area contributed by atoms with E-state index in [2.05, 4.69) is 10.3 Å². The molecule has 1 heterocycles. The van der Waals surface area contributed by atoms with Crippen LogP contribution in [0.5, 0.6) is 0 Å². The van der Waals surface area contributed by atoms with Crippen molar-refractivity contribution in [3.8, 4) is 0 Å². The van der Waals surface area contributed by atoms with Crippen molar-refractivity contribution in [2.45, 2.75) is 46.6 Å². The molecule has 0 unspecified atom stereocenters. The molecule has 1 fully saturated rings. The third-order valence-corrected chi connectivity index (χ3v) is 5.04. The van der Waals surface area contributed by atoms with Gasteiger partial charge >= 0.3 is 5.97 Å². The van der Waals surface area contributed by atoms with Gasteiger partial charge in [0.1, 0.15) is 5.82 Å². The van der Waals surface area contributed by atoms with Gasteiger partial charge in [0.25, 0.3) is 0 Å². The van der Waals surface area contributed by atoms with Crippen LogP contribution in [-0.2, 0) is 4.74 Å².